The van der Waals surface area contributed by atoms with Crippen LogP contribution in [0.25, 0.3) is 0 Å². The van der Waals surface area contributed by atoms with Crippen molar-refractivity contribution in [2.75, 3.05) is 0 Å². The summed E-state index contributed by atoms with van der Waals surface area (Å²) in [5.74, 6) is 1.09. The Morgan fingerprint density at radius 1 is 1.31 bits per heavy atom. The Balaban J connectivity index is 2.20. The van der Waals surface area contributed by atoms with Gasteiger partial charge in [0.1, 0.15) is 0 Å². The molecule has 1 atom stereocenters. The van der Waals surface area contributed by atoms with Gasteiger partial charge in [-0.3, -0.25) is 0 Å². The van der Waals surface area contributed by atoms with E-state index in [-0.39, 0.29) is 0 Å². The first-order valence-electron chi connectivity index (χ1n) is 5.21. The van der Waals surface area contributed by atoms with Crippen LogP contribution in [0.4, 0.5) is 0 Å². The van der Waals surface area contributed by atoms with Crippen molar-refractivity contribution in [3.05, 3.63) is 47.6 Å². The highest BCUT2D eigenvalue weighted by Gasteiger charge is 2.28. The first-order chi connectivity index (χ1) is 7.58. The van der Waals surface area contributed by atoms with Gasteiger partial charge in [0.05, 0.1) is 5.54 Å². The molecule has 0 fully saturated rings. The van der Waals surface area contributed by atoms with Crippen LogP contribution in [0.15, 0.2) is 34.9 Å². The average Bonchev–Trinajstić information content (AvgIpc) is 2.66. The summed E-state index contributed by atoms with van der Waals surface area (Å²) in [5.41, 5.74) is 6.72. The highest BCUT2D eigenvalue weighted by Crippen LogP contribution is 2.20. The van der Waals surface area contributed by atoms with E-state index in [1.54, 1.807) is 6.92 Å². The molecule has 1 aromatic carbocycles. The lowest BCUT2D eigenvalue weighted by Gasteiger charge is -2.19. The molecule has 0 saturated carbocycles. The van der Waals surface area contributed by atoms with Crippen molar-refractivity contribution in [3.63, 3.8) is 0 Å². The average molecular weight is 217 g/mol. The van der Waals surface area contributed by atoms with Gasteiger partial charge in [0, 0.05) is 0 Å². The van der Waals surface area contributed by atoms with Gasteiger partial charge >= 0.3 is 0 Å². The van der Waals surface area contributed by atoms with E-state index in [9.17, 15) is 0 Å². The molecule has 2 rings (SSSR count). The largest absolute Gasteiger partial charge is 0.337 e. The molecular formula is C12H15N3O. The maximum Gasteiger partial charge on any atom is 0.246 e. The van der Waals surface area contributed by atoms with Crippen molar-refractivity contribution in [2.24, 2.45) is 5.73 Å². The normalized spacial score (nSPS) is 14.7. The first kappa shape index (κ1) is 10.8. The van der Waals surface area contributed by atoms with Crippen LogP contribution in [-0.4, -0.2) is 10.1 Å². The Hall–Kier alpha value is -1.68. The van der Waals surface area contributed by atoms with Gasteiger partial charge in [0.2, 0.25) is 5.89 Å². The second kappa shape index (κ2) is 4.06. The smallest absolute Gasteiger partial charge is 0.246 e. The standard InChI is InChI=1S/C12H15N3O/c1-9-14-11(16-15-9)12(2,13)8-10-6-4-3-5-7-10/h3-7H,8,13H2,1-2H3. The number of benzene rings is 1. The van der Waals surface area contributed by atoms with Crippen molar-refractivity contribution >= 4 is 0 Å². The second-order valence-corrected chi connectivity index (χ2v) is 4.23. The number of rotatable bonds is 3. The minimum absolute atomic E-state index is 0.480. The zero-order valence-electron chi connectivity index (χ0n) is 9.47. The predicted octanol–water partition coefficient (Wildman–Crippen LogP) is 1.79. The highest BCUT2D eigenvalue weighted by atomic mass is 16.5. The molecule has 0 aliphatic heterocycles. The number of aromatic nitrogens is 2. The molecule has 84 valence electrons. The quantitative estimate of drug-likeness (QED) is 0.851. The van der Waals surface area contributed by atoms with Gasteiger partial charge in [-0.05, 0) is 25.8 Å². The van der Waals surface area contributed by atoms with Gasteiger partial charge in [-0.1, -0.05) is 35.5 Å². The van der Waals surface area contributed by atoms with Crippen molar-refractivity contribution in [1.82, 2.24) is 10.1 Å². The highest BCUT2D eigenvalue weighted by molar-refractivity contribution is 5.19. The van der Waals surface area contributed by atoms with Crippen LogP contribution in [0.5, 0.6) is 0 Å². The molecule has 0 spiro atoms. The summed E-state index contributed by atoms with van der Waals surface area (Å²) in [6, 6.07) is 10.0. The Labute approximate surface area is 94.5 Å². The van der Waals surface area contributed by atoms with Crippen molar-refractivity contribution in [3.8, 4) is 0 Å². The van der Waals surface area contributed by atoms with E-state index in [1.165, 1.54) is 0 Å². The zero-order valence-corrected chi connectivity index (χ0v) is 9.47. The Bertz CT molecular complexity index is 462. The molecule has 1 unspecified atom stereocenters. The molecule has 0 saturated heterocycles. The molecule has 4 heteroatoms. The fraction of sp³-hybridized carbons (Fsp3) is 0.333. The van der Waals surface area contributed by atoms with Crippen LogP contribution in [-0.2, 0) is 12.0 Å². The lowest BCUT2D eigenvalue weighted by atomic mass is 9.94. The van der Waals surface area contributed by atoms with E-state index in [0.29, 0.717) is 18.1 Å². The Morgan fingerprint density at radius 3 is 2.56 bits per heavy atom. The summed E-state index contributed by atoms with van der Waals surface area (Å²) in [6.45, 7) is 3.68. The number of nitrogens with two attached hydrogens (primary N) is 1. The van der Waals surface area contributed by atoms with Crippen LogP contribution >= 0.6 is 0 Å². The van der Waals surface area contributed by atoms with Crippen LogP contribution < -0.4 is 5.73 Å². The van der Waals surface area contributed by atoms with E-state index in [2.05, 4.69) is 10.1 Å². The van der Waals surface area contributed by atoms with Crippen LogP contribution in [0, 0.1) is 6.92 Å². The van der Waals surface area contributed by atoms with E-state index in [1.807, 2.05) is 37.3 Å². The van der Waals surface area contributed by atoms with Gasteiger partial charge in [-0.15, -0.1) is 0 Å². The topological polar surface area (TPSA) is 64.9 Å². The Morgan fingerprint density at radius 2 is 2.00 bits per heavy atom. The molecule has 0 aliphatic carbocycles. The zero-order chi connectivity index (χ0) is 11.6. The van der Waals surface area contributed by atoms with Gasteiger partial charge in [0.15, 0.2) is 5.82 Å². The summed E-state index contributed by atoms with van der Waals surface area (Å²) in [4.78, 5) is 4.18. The molecule has 16 heavy (non-hydrogen) atoms. The summed E-state index contributed by atoms with van der Waals surface area (Å²) in [6.07, 6.45) is 0.676. The number of aryl methyl sites for hydroxylation is 1. The number of nitrogens with zero attached hydrogens (tertiary/aromatic N) is 2. The molecule has 1 heterocycles. The molecule has 0 amide bonds. The first-order valence-corrected chi connectivity index (χ1v) is 5.21. The van der Waals surface area contributed by atoms with Crippen LogP contribution in [0.1, 0.15) is 24.2 Å². The molecule has 0 bridgehead atoms. The molecule has 2 aromatic rings. The predicted molar refractivity (Wildman–Crippen MR) is 60.7 cm³/mol. The number of hydrogen-bond acceptors (Lipinski definition) is 4. The molecular weight excluding hydrogens is 202 g/mol. The molecule has 0 radical (unpaired) electrons. The van der Waals surface area contributed by atoms with E-state index in [0.717, 1.165) is 5.56 Å². The summed E-state index contributed by atoms with van der Waals surface area (Å²) >= 11 is 0. The van der Waals surface area contributed by atoms with E-state index >= 15 is 0 Å². The molecule has 1 aromatic heterocycles. The van der Waals surface area contributed by atoms with Crippen LogP contribution in [0.3, 0.4) is 0 Å². The molecule has 2 N–H and O–H groups in total. The number of hydrogen-bond donors (Lipinski definition) is 1. The molecule has 0 aliphatic rings. The SMILES string of the molecule is Cc1noc(C(C)(N)Cc2ccccc2)n1. The third-order valence-electron chi connectivity index (χ3n) is 2.43. The van der Waals surface area contributed by atoms with Crippen molar-refractivity contribution in [2.45, 2.75) is 25.8 Å². The minimum atomic E-state index is -0.622. The third kappa shape index (κ3) is 2.28. The summed E-state index contributed by atoms with van der Waals surface area (Å²) in [5, 5.41) is 3.76. The Kier molecular flexibility index (Phi) is 2.75. The monoisotopic (exact) mass is 217 g/mol. The minimum Gasteiger partial charge on any atom is -0.337 e. The van der Waals surface area contributed by atoms with Gasteiger partial charge < -0.3 is 10.3 Å². The van der Waals surface area contributed by atoms with Crippen molar-refractivity contribution in [1.29, 1.82) is 0 Å². The van der Waals surface area contributed by atoms with E-state index in [4.69, 9.17) is 10.3 Å². The maximum atomic E-state index is 6.19. The van der Waals surface area contributed by atoms with E-state index < -0.39 is 5.54 Å². The van der Waals surface area contributed by atoms with Gasteiger partial charge in [0.25, 0.3) is 0 Å². The van der Waals surface area contributed by atoms with Crippen LogP contribution in [0.2, 0.25) is 0 Å². The van der Waals surface area contributed by atoms with Gasteiger partial charge in [-0.25, -0.2) is 0 Å². The lowest BCUT2D eigenvalue weighted by molar-refractivity contribution is 0.294. The summed E-state index contributed by atoms with van der Waals surface area (Å²) < 4.78 is 5.12. The fourth-order valence-electron chi connectivity index (χ4n) is 1.62. The second-order valence-electron chi connectivity index (χ2n) is 4.23. The fourth-order valence-corrected chi connectivity index (χ4v) is 1.62. The summed E-state index contributed by atoms with van der Waals surface area (Å²) in [7, 11) is 0. The third-order valence-corrected chi connectivity index (χ3v) is 2.43. The lowest BCUT2D eigenvalue weighted by Crippen LogP contribution is -2.35. The van der Waals surface area contributed by atoms with Crippen molar-refractivity contribution < 1.29 is 4.52 Å². The molecule has 4 nitrogen and oxygen atoms in total. The van der Waals surface area contributed by atoms with Gasteiger partial charge in [-0.2, -0.15) is 4.98 Å². The maximum absolute atomic E-state index is 6.19.